The maximum absolute atomic E-state index is 10.6. The van der Waals surface area contributed by atoms with E-state index < -0.39 is 5.97 Å². The lowest BCUT2D eigenvalue weighted by atomic mass is 9.89. The van der Waals surface area contributed by atoms with E-state index in [2.05, 4.69) is 29.2 Å². The summed E-state index contributed by atoms with van der Waals surface area (Å²) >= 11 is 0. The lowest BCUT2D eigenvalue weighted by Gasteiger charge is -2.36. The molecule has 4 heteroatoms. The Morgan fingerprint density at radius 2 is 2.05 bits per heavy atom. The first kappa shape index (κ1) is 14.0. The van der Waals surface area contributed by atoms with Gasteiger partial charge in [-0.3, -0.25) is 4.79 Å². The van der Waals surface area contributed by atoms with Crippen LogP contribution in [0.25, 0.3) is 0 Å². The van der Waals surface area contributed by atoms with Crippen molar-refractivity contribution < 1.29 is 9.90 Å². The van der Waals surface area contributed by atoms with Crippen LogP contribution in [0.15, 0.2) is 30.3 Å². The number of carboxylic acids is 1. The number of benzene rings is 1. The zero-order valence-corrected chi connectivity index (χ0v) is 11.2. The smallest absolute Gasteiger partial charge is 0.304 e. The maximum atomic E-state index is 10.6. The van der Waals surface area contributed by atoms with Gasteiger partial charge in [0.1, 0.15) is 0 Å². The number of hydrogen-bond acceptors (Lipinski definition) is 3. The summed E-state index contributed by atoms with van der Waals surface area (Å²) in [4.78, 5) is 12.8. The highest BCUT2D eigenvalue weighted by molar-refractivity contribution is 5.66. The number of piperidine rings is 1. The average Bonchev–Trinajstić information content (AvgIpc) is 2.37. The Balaban J connectivity index is 1.88. The second-order valence-electron chi connectivity index (χ2n) is 5.45. The van der Waals surface area contributed by atoms with E-state index in [1.165, 1.54) is 5.56 Å². The Kier molecular flexibility index (Phi) is 4.93. The number of nitrogens with two attached hydrogens (primary N) is 1. The van der Waals surface area contributed by atoms with Gasteiger partial charge in [0, 0.05) is 25.7 Å². The summed E-state index contributed by atoms with van der Waals surface area (Å²) in [5, 5.41) is 8.75. The molecule has 1 aromatic carbocycles. The first-order valence-electron chi connectivity index (χ1n) is 6.87. The Bertz CT molecular complexity index is 408. The van der Waals surface area contributed by atoms with Gasteiger partial charge in [0.15, 0.2) is 0 Å². The molecule has 0 amide bonds. The molecule has 0 saturated carbocycles. The highest BCUT2D eigenvalue weighted by Crippen LogP contribution is 2.20. The fourth-order valence-electron chi connectivity index (χ4n) is 2.88. The third-order valence-corrected chi connectivity index (χ3v) is 3.65. The van der Waals surface area contributed by atoms with Crippen molar-refractivity contribution in [3.63, 3.8) is 0 Å². The van der Waals surface area contributed by atoms with E-state index in [4.69, 9.17) is 10.8 Å². The highest BCUT2D eigenvalue weighted by Gasteiger charge is 2.25. The molecule has 1 fully saturated rings. The molecule has 2 rings (SSSR count). The van der Waals surface area contributed by atoms with E-state index in [-0.39, 0.29) is 12.5 Å². The molecule has 0 radical (unpaired) electrons. The summed E-state index contributed by atoms with van der Waals surface area (Å²) in [6.07, 6.45) is 2.25. The molecule has 1 aliphatic heterocycles. The minimum absolute atomic E-state index is 0.163. The van der Waals surface area contributed by atoms with Crippen LogP contribution in [-0.4, -0.2) is 41.7 Å². The van der Waals surface area contributed by atoms with Gasteiger partial charge in [0.05, 0.1) is 6.42 Å². The van der Waals surface area contributed by atoms with Crippen molar-refractivity contribution in [2.75, 3.05) is 19.6 Å². The third-order valence-electron chi connectivity index (χ3n) is 3.65. The predicted molar refractivity (Wildman–Crippen MR) is 74.9 cm³/mol. The number of carboxylic acid groups (broad SMARTS) is 1. The zero-order chi connectivity index (χ0) is 13.7. The van der Waals surface area contributed by atoms with Crippen molar-refractivity contribution in [1.29, 1.82) is 0 Å². The Morgan fingerprint density at radius 1 is 1.32 bits per heavy atom. The summed E-state index contributed by atoms with van der Waals surface area (Å²) in [6, 6.07) is 10.6. The highest BCUT2D eigenvalue weighted by atomic mass is 16.4. The quantitative estimate of drug-likeness (QED) is 0.840. The molecule has 104 valence electrons. The Hall–Kier alpha value is -1.39. The molecule has 0 aliphatic carbocycles. The van der Waals surface area contributed by atoms with Crippen LogP contribution in [0.4, 0.5) is 0 Å². The minimum Gasteiger partial charge on any atom is -0.481 e. The third kappa shape index (κ3) is 4.65. The minimum atomic E-state index is -0.737. The molecule has 4 nitrogen and oxygen atoms in total. The van der Waals surface area contributed by atoms with E-state index >= 15 is 0 Å². The van der Waals surface area contributed by atoms with E-state index in [1.54, 1.807) is 0 Å². The molecule has 1 heterocycles. The van der Waals surface area contributed by atoms with Gasteiger partial charge in [-0.2, -0.15) is 0 Å². The molecule has 0 spiro atoms. The first-order valence-corrected chi connectivity index (χ1v) is 6.87. The molecule has 1 saturated heterocycles. The maximum Gasteiger partial charge on any atom is 0.304 e. The number of hydrogen-bond donors (Lipinski definition) is 2. The monoisotopic (exact) mass is 262 g/mol. The lowest BCUT2D eigenvalue weighted by Crippen LogP contribution is -2.48. The van der Waals surface area contributed by atoms with Gasteiger partial charge in [0.25, 0.3) is 0 Å². The lowest BCUT2D eigenvalue weighted by molar-refractivity contribution is -0.137. The van der Waals surface area contributed by atoms with Crippen molar-refractivity contribution in [2.45, 2.75) is 25.3 Å². The van der Waals surface area contributed by atoms with Crippen molar-refractivity contribution in [3.8, 4) is 0 Å². The second kappa shape index (κ2) is 6.68. The van der Waals surface area contributed by atoms with Gasteiger partial charge in [-0.05, 0) is 24.3 Å². The van der Waals surface area contributed by atoms with Gasteiger partial charge in [-0.1, -0.05) is 30.3 Å². The Morgan fingerprint density at radius 3 is 2.74 bits per heavy atom. The van der Waals surface area contributed by atoms with Gasteiger partial charge < -0.3 is 15.7 Å². The molecule has 2 atom stereocenters. The standard InChI is InChI=1S/C15H22N2O2/c16-14-9-13(8-12-4-2-1-3-5-12)10-17(11-14)7-6-15(18)19/h1-5,13-14H,6-11,16H2,(H,18,19). The van der Waals surface area contributed by atoms with E-state index in [0.29, 0.717) is 12.5 Å². The fraction of sp³-hybridized carbons (Fsp3) is 0.533. The molecule has 1 aromatic rings. The van der Waals surface area contributed by atoms with Crippen LogP contribution in [0.3, 0.4) is 0 Å². The van der Waals surface area contributed by atoms with Crippen LogP contribution in [0.2, 0.25) is 0 Å². The molecule has 0 aromatic heterocycles. The van der Waals surface area contributed by atoms with E-state index in [1.807, 2.05) is 6.07 Å². The summed E-state index contributed by atoms with van der Waals surface area (Å²) in [7, 11) is 0. The number of nitrogens with zero attached hydrogens (tertiary/aromatic N) is 1. The summed E-state index contributed by atoms with van der Waals surface area (Å²) in [5.74, 6) is -0.210. The SMILES string of the molecule is NC1CC(Cc2ccccc2)CN(CCC(=O)O)C1. The van der Waals surface area contributed by atoms with Crippen molar-refractivity contribution in [2.24, 2.45) is 11.7 Å². The molecular weight excluding hydrogens is 240 g/mol. The molecule has 19 heavy (non-hydrogen) atoms. The molecule has 3 N–H and O–H groups in total. The van der Waals surface area contributed by atoms with Gasteiger partial charge in [0.2, 0.25) is 0 Å². The second-order valence-corrected chi connectivity index (χ2v) is 5.45. The number of rotatable bonds is 5. The van der Waals surface area contributed by atoms with Crippen molar-refractivity contribution >= 4 is 5.97 Å². The number of carbonyl (C=O) groups is 1. The van der Waals surface area contributed by atoms with Gasteiger partial charge in [-0.25, -0.2) is 0 Å². The fourth-order valence-corrected chi connectivity index (χ4v) is 2.88. The van der Waals surface area contributed by atoms with Crippen LogP contribution in [0.1, 0.15) is 18.4 Å². The van der Waals surface area contributed by atoms with Crippen LogP contribution in [0, 0.1) is 5.92 Å². The van der Waals surface area contributed by atoms with Gasteiger partial charge >= 0.3 is 5.97 Å². The predicted octanol–water partition coefficient (Wildman–Crippen LogP) is 1.35. The summed E-state index contributed by atoms with van der Waals surface area (Å²) < 4.78 is 0. The van der Waals surface area contributed by atoms with Crippen LogP contribution < -0.4 is 5.73 Å². The first-order chi connectivity index (χ1) is 9.13. The molecule has 0 bridgehead atoms. The number of likely N-dealkylation sites (tertiary alicyclic amines) is 1. The van der Waals surface area contributed by atoms with Crippen LogP contribution >= 0.6 is 0 Å². The average molecular weight is 262 g/mol. The largest absolute Gasteiger partial charge is 0.481 e. The van der Waals surface area contributed by atoms with Crippen LogP contribution in [0.5, 0.6) is 0 Å². The summed E-state index contributed by atoms with van der Waals surface area (Å²) in [5.41, 5.74) is 7.42. The molecular formula is C15H22N2O2. The van der Waals surface area contributed by atoms with Gasteiger partial charge in [-0.15, -0.1) is 0 Å². The van der Waals surface area contributed by atoms with E-state index in [9.17, 15) is 4.79 Å². The topological polar surface area (TPSA) is 66.6 Å². The normalized spacial score (nSPS) is 24.3. The molecule has 2 unspecified atom stereocenters. The van der Waals surface area contributed by atoms with Crippen LogP contribution in [-0.2, 0) is 11.2 Å². The Labute approximate surface area is 114 Å². The number of aliphatic carboxylic acids is 1. The zero-order valence-electron chi connectivity index (χ0n) is 11.2. The van der Waals surface area contributed by atoms with Crippen molar-refractivity contribution in [1.82, 2.24) is 4.90 Å². The van der Waals surface area contributed by atoms with Crippen molar-refractivity contribution in [3.05, 3.63) is 35.9 Å². The van der Waals surface area contributed by atoms with E-state index in [0.717, 1.165) is 25.9 Å². The molecule has 1 aliphatic rings. The summed E-state index contributed by atoms with van der Waals surface area (Å²) in [6.45, 7) is 2.38.